The molecule has 2 aliphatic rings. The standard InChI is InChI=1S/C17H19N3O5/c21-7-1-6-18-15(23)10-2-3-12-11(8-10)9-20(17(12)25)13-4-5-14(22)19-16(13)24/h2-3,8,13,21H,1,4-7,9H2,(H,18,23)(H,19,22,24). The lowest BCUT2D eigenvalue weighted by molar-refractivity contribution is -0.136. The number of nitrogens with zero attached hydrogens (tertiary/aromatic N) is 1. The van der Waals surface area contributed by atoms with E-state index in [1.807, 2.05) is 0 Å². The number of amides is 4. The molecule has 132 valence electrons. The summed E-state index contributed by atoms with van der Waals surface area (Å²) in [6, 6.07) is 4.14. The molecular formula is C17H19N3O5. The van der Waals surface area contributed by atoms with Crippen molar-refractivity contribution in [1.29, 1.82) is 0 Å². The molecule has 0 spiro atoms. The highest BCUT2D eigenvalue weighted by atomic mass is 16.3. The van der Waals surface area contributed by atoms with Gasteiger partial charge in [-0.3, -0.25) is 24.5 Å². The van der Waals surface area contributed by atoms with Gasteiger partial charge in [-0.2, -0.15) is 0 Å². The number of imide groups is 1. The van der Waals surface area contributed by atoms with Crippen molar-refractivity contribution < 1.29 is 24.3 Å². The van der Waals surface area contributed by atoms with Gasteiger partial charge in [0, 0.05) is 37.2 Å². The number of hydrogen-bond donors (Lipinski definition) is 3. The monoisotopic (exact) mass is 345 g/mol. The van der Waals surface area contributed by atoms with E-state index < -0.39 is 11.9 Å². The maximum absolute atomic E-state index is 12.5. The predicted molar refractivity (Wildman–Crippen MR) is 86.5 cm³/mol. The third-order valence-corrected chi connectivity index (χ3v) is 4.41. The van der Waals surface area contributed by atoms with Crippen LogP contribution in [-0.4, -0.2) is 52.8 Å². The largest absolute Gasteiger partial charge is 0.396 e. The van der Waals surface area contributed by atoms with Crippen molar-refractivity contribution in [3.8, 4) is 0 Å². The molecule has 1 aromatic carbocycles. The van der Waals surface area contributed by atoms with Crippen LogP contribution in [0.3, 0.4) is 0 Å². The lowest BCUT2D eigenvalue weighted by atomic mass is 10.0. The van der Waals surface area contributed by atoms with Gasteiger partial charge in [-0.1, -0.05) is 0 Å². The number of hydrogen-bond acceptors (Lipinski definition) is 5. The molecule has 4 amide bonds. The Balaban J connectivity index is 1.74. The highest BCUT2D eigenvalue weighted by Crippen LogP contribution is 2.28. The van der Waals surface area contributed by atoms with Crippen molar-refractivity contribution in [1.82, 2.24) is 15.5 Å². The molecule has 3 rings (SSSR count). The molecule has 0 radical (unpaired) electrons. The molecule has 2 aliphatic heterocycles. The van der Waals surface area contributed by atoms with E-state index in [2.05, 4.69) is 10.6 Å². The molecule has 0 aromatic heterocycles. The van der Waals surface area contributed by atoms with Gasteiger partial charge in [0.2, 0.25) is 11.8 Å². The smallest absolute Gasteiger partial charge is 0.255 e. The Morgan fingerprint density at radius 1 is 1.32 bits per heavy atom. The van der Waals surface area contributed by atoms with Crippen LogP contribution >= 0.6 is 0 Å². The Hall–Kier alpha value is -2.74. The van der Waals surface area contributed by atoms with Crippen LogP contribution in [0.4, 0.5) is 0 Å². The van der Waals surface area contributed by atoms with Gasteiger partial charge in [0.15, 0.2) is 0 Å². The van der Waals surface area contributed by atoms with E-state index in [1.165, 1.54) is 4.90 Å². The van der Waals surface area contributed by atoms with Crippen molar-refractivity contribution in [3.05, 3.63) is 34.9 Å². The summed E-state index contributed by atoms with van der Waals surface area (Å²) in [4.78, 5) is 49.3. The summed E-state index contributed by atoms with van der Waals surface area (Å²) in [5, 5.41) is 13.7. The summed E-state index contributed by atoms with van der Waals surface area (Å²) in [7, 11) is 0. The van der Waals surface area contributed by atoms with E-state index in [0.717, 1.165) is 0 Å². The van der Waals surface area contributed by atoms with Crippen molar-refractivity contribution >= 4 is 23.6 Å². The number of carbonyl (C=O) groups excluding carboxylic acids is 4. The Morgan fingerprint density at radius 3 is 2.84 bits per heavy atom. The average Bonchev–Trinajstić information content (AvgIpc) is 2.91. The molecule has 2 heterocycles. The Bertz CT molecular complexity index is 746. The molecule has 3 N–H and O–H groups in total. The minimum atomic E-state index is -0.667. The second-order valence-corrected chi connectivity index (χ2v) is 6.10. The van der Waals surface area contributed by atoms with Gasteiger partial charge in [-0.15, -0.1) is 0 Å². The lowest BCUT2D eigenvalue weighted by Gasteiger charge is -2.29. The third-order valence-electron chi connectivity index (χ3n) is 4.41. The van der Waals surface area contributed by atoms with Gasteiger partial charge in [-0.05, 0) is 36.6 Å². The predicted octanol–water partition coefficient (Wildman–Crippen LogP) is -0.440. The quantitative estimate of drug-likeness (QED) is 0.494. The molecule has 1 aromatic rings. The van der Waals surface area contributed by atoms with Crippen LogP contribution in [-0.2, 0) is 16.1 Å². The van der Waals surface area contributed by atoms with Crippen LogP contribution < -0.4 is 10.6 Å². The summed E-state index contributed by atoms with van der Waals surface area (Å²) >= 11 is 0. The minimum absolute atomic E-state index is 0.000114. The second-order valence-electron chi connectivity index (χ2n) is 6.10. The molecule has 1 atom stereocenters. The van der Waals surface area contributed by atoms with Crippen molar-refractivity contribution in [2.75, 3.05) is 13.2 Å². The molecule has 25 heavy (non-hydrogen) atoms. The van der Waals surface area contributed by atoms with Crippen LogP contribution in [0.15, 0.2) is 18.2 Å². The van der Waals surface area contributed by atoms with Gasteiger partial charge in [0.25, 0.3) is 11.8 Å². The van der Waals surface area contributed by atoms with E-state index in [9.17, 15) is 19.2 Å². The van der Waals surface area contributed by atoms with Crippen molar-refractivity contribution in [2.45, 2.75) is 31.8 Å². The SMILES string of the molecule is O=C1CCC(N2Cc3cc(C(=O)NCCCO)ccc3C2=O)C(=O)N1. The Morgan fingerprint density at radius 2 is 2.12 bits per heavy atom. The number of benzene rings is 1. The van der Waals surface area contributed by atoms with Crippen LogP contribution in [0, 0.1) is 0 Å². The highest BCUT2D eigenvalue weighted by molar-refractivity contribution is 6.06. The second kappa shape index (κ2) is 7.02. The number of aliphatic hydroxyl groups is 1. The average molecular weight is 345 g/mol. The molecule has 0 aliphatic carbocycles. The molecule has 0 saturated carbocycles. The number of fused-ring (bicyclic) bond motifs is 1. The van der Waals surface area contributed by atoms with Gasteiger partial charge >= 0.3 is 0 Å². The summed E-state index contributed by atoms with van der Waals surface area (Å²) in [6.07, 6.45) is 0.979. The first-order valence-corrected chi connectivity index (χ1v) is 8.18. The van der Waals surface area contributed by atoms with Gasteiger partial charge < -0.3 is 15.3 Å². The van der Waals surface area contributed by atoms with Gasteiger partial charge in [0.1, 0.15) is 6.04 Å². The first kappa shape index (κ1) is 17.1. The fourth-order valence-electron chi connectivity index (χ4n) is 3.10. The number of piperidine rings is 1. The van der Waals surface area contributed by atoms with Crippen LogP contribution in [0.5, 0.6) is 0 Å². The van der Waals surface area contributed by atoms with Crippen LogP contribution in [0.25, 0.3) is 0 Å². The molecule has 8 nitrogen and oxygen atoms in total. The highest BCUT2D eigenvalue weighted by Gasteiger charge is 2.39. The fraction of sp³-hybridized carbons (Fsp3) is 0.412. The summed E-state index contributed by atoms with van der Waals surface area (Å²) in [6.45, 7) is 0.603. The topological polar surface area (TPSA) is 116 Å². The van der Waals surface area contributed by atoms with Gasteiger partial charge in [0.05, 0.1) is 0 Å². The summed E-state index contributed by atoms with van der Waals surface area (Å²) in [5.41, 5.74) is 1.58. The van der Waals surface area contributed by atoms with E-state index >= 15 is 0 Å². The first-order chi connectivity index (χ1) is 12.0. The number of rotatable bonds is 5. The summed E-state index contributed by atoms with van der Waals surface area (Å²) < 4.78 is 0. The third kappa shape index (κ3) is 3.39. The van der Waals surface area contributed by atoms with Gasteiger partial charge in [-0.25, -0.2) is 0 Å². The van der Waals surface area contributed by atoms with E-state index in [0.29, 0.717) is 36.1 Å². The number of aliphatic hydroxyl groups excluding tert-OH is 1. The summed E-state index contributed by atoms with van der Waals surface area (Å²) in [5.74, 6) is -1.33. The van der Waals surface area contributed by atoms with E-state index in [1.54, 1.807) is 18.2 Å². The zero-order valence-electron chi connectivity index (χ0n) is 13.6. The maximum Gasteiger partial charge on any atom is 0.255 e. The van der Waals surface area contributed by atoms with E-state index in [-0.39, 0.29) is 37.3 Å². The normalized spacial score (nSPS) is 19.6. The number of carbonyl (C=O) groups is 4. The Kier molecular flexibility index (Phi) is 4.80. The maximum atomic E-state index is 12.5. The molecular weight excluding hydrogens is 326 g/mol. The minimum Gasteiger partial charge on any atom is -0.396 e. The first-order valence-electron chi connectivity index (χ1n) is 8.18. The van der Waals surface area contributed by atoms with Crippen LogP contribution in [0.1, 0.15) is 45.5 Å². The molecule has 1 unspecified atom stereocenters. The fourth-order valence-corrected chi connectivity index (χ4v) is 3.10. The van der Waals surface area contributed by atoms with Crippen molar-refractivity contribution in [3.63, 3.8) is 0 Å². The van der Waals surface area contributed by atoms with E-state index in [4.69, 9.17) is 5.11 Å². The lowest BCUT2D eigenvalue weighted by Crippen LogP contribution is -2.52. The van der Waals surface area contributed by atoms with Crippen molar-refractivity contribution in [2.24, 2.45) is 0 Å². The zero-order chi connectivity index (χ0) is 18.0. The Labute approximate surface area is 144 Å². The van der Waals surface area contributed by atoms with Crippen LogP contribution in [0.2, 0.25) is 0 Å². The molecule has 1 saturated heterocycles. The zero-order valence-corrected chi connectivity index (χ0v) is 13.6. The number of nitrogens with one attached hydrogen (secondary N) is 2. The molecule has 0 bridgehead atoms. The molecule has 1 fully saturated rings. The molecule has 8 heteroatoms.